The Morgan fingerprint density at radius 2 is 2.07 bits per heavy atom. The fourth-order valence-electron chi connectivity index (χ4n) is 2.31. The summed E-state index contributed by atoms with van der Waals surface area (Å²) in [6.07, 6.45) is 3.59. The molecule has 0 aromatic rings. The van der Waals surface area contributed by atoms with E-state index >= 15 is 0 Å². The maximum atomic E-state index is 11.6. The Labute approximate surface area is 86.7 Å². The van der Waals surface area contributed by atoms with Gasteiger partial charge in [0.2, 0.25) is 0 Å². The normalized spacial score (nSPS) is 28.6. The van der Waals surface area contributed by atoms with E-state index in [9.17, 15) is 4.79 Å². The van der Waals surface area contributed by atoms with Gasteiger partial charge in [-0.3, -0.25) is 9.69 Å². The third kappa shape index (κ3) is 2.35. The highest BCUT2D eigenvalue weighted by molar-refractivity contribution is 5.85. The summed E-state index contributed by atoms with van der Waals surface area (Å²) in [5.74, 6) is 2.53. The molecule has 1 aliphatic heterocycles. The van der Waals surface area contributed by atoms with Crippen LogP contribution in [0, 0.1) is 17.8 Å². The van der Waals surface area contributed by atoms with Crippen LogP contribution in [-0.4, -0.2) is 30.3 Å². The van der Waals surface area contributed by atoms with Crippen molar-refractivity contribution in [1.82, 2.24) is 4.90 Å². The number of carbonyl (C=O) groups excluding carboxylic acids is 1. The topological polar surface area (TPSA) is 20.3 Å². The smallest absolute Gasteiger partial charge is 0.149 e. The van der Waals surface area contributed by atoms with Gasteiger partial charge < -0.3 is 0 Å². The van der Waals surface area contributed by atoms with Crippen molar-refractivity contribution in [3.8, 4) is 0 Å². The number of likely N-dealkylation sites (tertiary alicyclic amines) is 1. The molecule has 1 unspecified atom stereocenters. The lowest BCUT2D eigenvalue weighted by Gasteiger charge is -2.16. The second-order valence-electron chi connectivity index (χ2n) is 5.27. The van der Waals surface area contributed by atoms with Crippen LogP contribution in [0.3, 0.4) is 0 Å². The molecule has 1 saturated carbocycles. The van der Waals surface area contributed by atoms with E-state index in [1.165, 1.54) is 6.42 Å². The number of Topliss-reactive ketones (excluding diaryl/α,β-unsaturated/α-hetero) is 1. The molecule has 0 bridgehead atoms. The van der Waals surface area contributed by atoms with E-state index in [1.807, 2.05) is 0 Å². The van der Waals surface area contributed by atoms with Gasteiger partial charge in [0, 0.05) is 12.5 Å². The number of ketones is 1. The Morgan fingerprint density at radius 1 is 1.36 bits per heavy atom. The fraction of sp³-hybridized carbons (Fsp3) is 0.917. The van der Waals surface area contributed by atoms with E-state index in [0.717, 1.165) is 44.3 Å². The van der Waals surface area contributed by atoms with Gasteiger partial charge in [-0.15, -0.1) is 0 Å². The van der Waals surface area contributed by atoms with Crippen molar-refractivity contribution in [1.29, 1.82) is 0 Å². The second-order valence-corrected chi connectivity index (χ2v) is 5.27. The minimum Gasteiger partial charge on any atom is -0.298 e. The van der Waals surface area contributed by atoms with Gasteiger partial charge in [-0.1, -0.05) is 13.8 Å². The Kier molecular flexibility index (Phi) is 2.91. The highest BCUT2D eigenvalue weighted by Gasteiger charge is 2.32. The van der Waals surface area contributed by atoms with Crippen LogP contribution < -0.4 is 0 Å². The van der Waals surface area contributed by atoms with Crippen molar-refractivity contribution in [3.05, 3.63) is 0 Å². The molecule has 2 aliphatic rings. The number of carbonyl (C=O) groups is 1. The van der Waals surface area contributed by atoms with Crippen LogP contribution in [-0.2, 0) is 4.79 Å². The maximum absolute atomic E-state index is 11.6. The molecule has 1 atom stereocenters. The van der Waals surface area contributed by atoms with E-state index in [2.05, 4.69) is 18.7 Å². The SMILES string of the molecule is CC(C)C1CCN(CC(=O)C2CC2)C1. The average Bonchev–Trinajstić information content (AvgIpc) is 2.87. The Morgan fingerprint density at radius 3 is 2.57 bits per heavy atom. The maximum Gasteiger partial charge on any atom is 0.149 e. The average molecular weight is 195 g/mol. The predicted octanol–water partition coefficient (Wildman–Crippen LogP) is 1.94. The zero-order valence-electron chi connectivity index (χ0n) is 9.33. The van der Waals surface area contributed by atoms with Gasteiger partial charge in [-0.25, -0.2) is 0 Å². The van der Waals surface area contributed by atoms with Gasteiger partial charge in [0.1, 0.15) is 5.78 Å². The molecular formula is C12H21NO. The van der Waals surface area contributed by atoms with E-state index in [-0.39, 0.29) is 0 Å². The summed E-state index contributed by atoms with van der Waals surface area (Å²) in [5, 5.41) is 0. The summed E-state index contributed by atoms with van der Waals surface area (Å²) in [6.45, 7) is 7.60. The zero-order chi connectivity index (χ0) is 10.1. The first-order valence-corrected chi connectivity index (χ1v) is 5.92. The summed E-state index contributed by atoms with van der Waals surface area (Å²) in [7, 11) is 0. The number of hydrogen-bond acceptors (Lipinski definition) is 2. The van der Waals surface area contributed by atoms with E-state index < -0.39 is 0 Å². The Balaban J connectivity index is 1.75. The van der Waals surface area contributed by atoms with Crippen LogP contribution in [0.4, 0.5) is 0 Å². The van der Waals surface area contributed by atoms with E-state index in [0.29, 0.717) is 11.7 Å². The molecule has 0 aromatic carbocycles. The van der Waals surface area contributed by atoms with Crippen molar-refractivity contribution in [2.45, 2.75) is 33.1 Å². The van der Waals surface area contributed by atoms with Gasteiger partial charge in [-0.2, -0.15) is 0 Å². The molecule has 2 rings (SSSR count). The number of nitrogens with zero attached hydrogens (tertiary/aromatic N) is 1. The van der Waals surface area contributed by atoms with Crippen LogP contribution in [0.15, 0.2) is 0 Å². The van der Waals surface area contributed by atoms with Crippen LogP contribution in [0.25, 0.3) is 0 Å². The molecule has 2 fully saturated rings. The molecule has 0 aromatic heterocycles. The molecule has 0 radical (unpaired) electrons. The molecule has 2 nitrogen and oxygen atoms in total. The van der Waals surface area contributed by atoms with Crippen LogP contribution in [0.5, 0.6) is 0 Å². The van der Waals surface area contributed by atoms with Gasteiger partial charge in [0.15, 0.2) is 0 Å². The van der Waals surface area contributed by atoms with Crippen LogP contribution in [0.1, 0.15) is 33.1 Å². The largest absolute Gasteiger partial charge is 0.298 e. The van der Waals surface area contributed by atoms with Crippen molar-refractivity contribution < 1.29 is 4.79 Å². The first-order chi connectivity index (χ1) is 6.66. The second kappa shape index (κ2) is 4.01. The lowest BCUT2D eigenvalue weighted by Crippen LogP contribution is -2.29. The van der Waals surface area contributed by atoms with Gasteiger partial charge >= 0.3 is 0 Å². The summed E-state index contributed by atoms with van der Waals surface area (Å²) >= 11 is 0. The molecular weight excluding hydrogens is 174 g/mol. The molecule has 80 valence electrons. The highest BCUT2D eigenvalue weighted by atomic mass is 16.1. The van der Waals surface area contributed by atoms with E-state index in [1.54, 1.807) is 0 Å². The van der Waals surface area contributed by atoms with Crippen LogP contribution in [0.2, 0.25) is 0 Å². The van der Waals surface area contributed by atoms with E-state index in [4.69, 9.17) is 0 Å². The quantitative estimate of drug-likeness (QED) is 0.683. The minimum atomic E-state index is 0.438. The third-order valence-corrected chi connectivity index (χ3v) is 3.66. The monoisotopic (exact) mass is 195 g/mol. The Bertz CT molecular complexity index is 220. The molecule has 1 aliphatic carbocycles. The van der Waals surface area contributed by atoms with Crippen molar-refractivity contribution >= 4 is 5.78 Å². The summed E-state index contributed by atoms with van der Waals surface area (Å²) in [4.78, 5) is 13.9. The van der Waals surface area contributed by atoms with Gasteiger partial charge in [0.05, 0.1) is 6.54 Å². The van der Waals surface area contributed by atoms with Crippen molar-refractivity contribution in [2.75, 3.05) is 19.6 Å². The lowest BCUT2D eigenvalue weighted by molar-refractivity contribution is -0.121. The van der Waals surface area contributed by atoms with Gasteiger partial charge in [-0.05, 0) is 37.6 Å². The molecule has 2 heteroatoms. The predicted molar refractivity (Wildman–Crippen MR) is 57.1 cm³/mol. The molecule has 1 saturated heterocycles. The first-order valence-electron chi connectivity index (χ1n) is 5.92. The van der Waals surface area contributed by atoms with Gasteiger partial charge in [0.25, 0.3) is 0 Å². The molecule has 14 heavy (non-hydrogen) atoms. The summed E-state index contributed by atoms with van der Waals surface area (Å²) in [5.41, 5.74) is 0. The van der Waals surface area contributed by atoms with Crippen molar-refractivity contribution in [3.63, 3.8) is 0 Å². The molecule has 0 amide bonds. The zero-order valence-corrected chi connectivity index (χ0v) is 9.33. The Hall–Kier alpha value is -0.370. The first kappa shape index (κ1) is 10.2. The molecule has 0 spiro atoms. The minimum absolute atomic E-state index is 0.438. The molecule has 0 N–H and O–H groups in total. The third-order valence-electron chi connectivity index (χ3n) is 3.66. The summed E-state index contributed by atoms with van der Waals surface area (Å²) in [6, 6.07) is 0. The van der Waals surface area contributed by atoms with Crippen LogP contribution >= 0.6 is 0 Å². The standard InChI is InChI=1S/C12H21NO/c1-9(2)11-5-6-13(7-11)8-12(14)10-3-4-10/h9-11H,3-8H2,1-2H3. The molecule has 1 heterocycles. The van der Waals surface area contributed by atoms with Crippen molar-refractivity contribution in [2.24, 2.45) is 17.8 Å². The number of hydrogen-bond donors (Lipinski definition) is 0. The fourth-order valence-corrected chi connectivity index (χ4v) is 2.31. The summed E-state index contributed by atoms with van der Waals surface area (Å²) < 4.78 is 0. The number of rotatable bonds is 4. The lowest BCUT2D eigenvalue weighted by atomic mass is 9.95. The highest BCUT2D eigenvalue weighted by Crippen LogP contribution is 2.31.